The normalized spacial score (nSPS) is 23.6. The zero-order valence-corrected chi connectivity index (χ0v) is 13.7. The van der Waals surface area contributed by atoms with Gasteiger partial charge < -0.3 is 14.7 Å². The highest BCUT2D eigenvalue weighted by Crippen LogP contribution is 2.22. The third kappa shape index (κ3) is 3.40. The summed E-state index contributed by atoms with van der Waals surface area (Å²) in [5, 5.41) is 0. The van der Waals surface area contributed by atoms with Crippen molar-refractivity contribution < 1.29 is 4.79 Å². The molecular formula is C17H26N4O. The quantitative estimate of drug-likeness (QED) is 0.834. The molecule has 0 radical (unpaired) electrons. The van der Waals surface area contributed by atoms with Gasteiger partial charge in [-0.3, -0.25) is 4.79 Å². The fourth-order valence-electron chi connectivity index (χ4n) is 3.30. The first kappa shape index (κ1) is 15.3. The lowest BCUT2D eigenvalue weighted by molar-refractivity contribution is 0.0658. The molecule has 0 spiro atoms. The Morgan fingerprint density at radius 1 is 1.18 bits per heavy atom. The van der Waals surface area contributed by atoms with Crippen LogP contribution in [0.1, 0.15) is 30.3 Å². The second kappa shape index (κ2) is 6.65. The van der Waals surface area contributed by atoms with Crippen LogP contribution in [0.4, 0.5) is 5.69 Å². The lowest BCUT2D eigenvalue weighted by Gasteiger charge is -2.33. The molecule has 2 aliphatic heterocycles. The van der Waals surface area contributed by atoms with Crippen molar-refractivity contribution in [2.45, 2.75) is 19.8 Å². The van der Waals surface area contributed by atoms with Gasteiger partial charge >= 0.3 is 0 Å². The van der Waals surface area contributed by atoms with E-state index in [-0.39, 0.29) is 5.91 Å². The molecule has 22 heavy (non-hydrogen) atoms. The van der Waals surface area contributed by atoms with E-state index in [1.807, 2.05) is 23.2 Å². The SMILES string of the molecule is CC1CCCN(c2ccc(C(=O)N3CCN(C)CC3)nc2)C1. The number of carbonyl (C=O) groups is 1. The molecule has 5 heteroatoms. The number of hydrogen-bond donors (Lipinski definition) is 0. The lowest BCUT2D eigenvalue weighted by atomic mass is 10.00. The Labute approximate surface area is 132 Å². The van der Waals surface area contributed by atoms with Crippen molar-refractivity contribution in [3.05, 3.63) is 24.0 Å². The summed E-state index contributed by atoms with van der Waals surface area (Å²) < 4.78 is 0. The van der Waals surface area contributed by atoms with Crippen molar-refractivity contribution >= 4 is 11.6 Å². The molecule has 120 valence electrons. The Hall–Kier alpha value is -1.62. The van der Waals surface area contributed by atoms with Crippen LogP contribution in [-0.4, -0.2) is 67.0 Å². The van der Waals surface area contributed by atoms with E-state index in [0.29, 0.717) is 5.69 Å². The number of hydrogen-bond acceptors (Lipinski definition) is 4. The highest BCUT2D eigenvalue weighted by molar-refractivity contribution is 5.92. The minimum absolute atomic E-state index is 0.0617. The van der Waals surface area contributed by atoms with Gasteiger partial charge in [0.25, 0.3) is 5.91 Å². The van der Waals surface area contributed by atoms with E-state index in [1.54, 1.807) is 0 Å². The van der Waals surface area contributed by atoms with Gasteiger partial charge in [-0.1, -0.05) is 6.92 Å². The maximum atomic E-state index is 12.5. The zero-order valence-electron chi connectivity index (χ0n) is 13.7. The number of piperazine rings is 1. The van der Waals surface area contributed by atoms with Gasteiger partial charge in [0.1, 0.15) is 5.69 Å². The topological polar surface area (TPSA) is 39.7 Å². The number of aromatic nitrogens is 1. The van der Waals surface area contributed by atoms with E-state index in [2.05, 4.69) is 28.8 Å². The molecule has 3 rings (SSSR count). The van der Waals surface area contributed by atoms with E-state index in [1.165, 1.54) is 12.8 Å². The average molecular weight is 302 g/mol. The molecule has 1 atom stereocenters. The molecule has 0 aromatic carbocycles. The minimum Gasteiger partial charge on any atom is -0.370 e. The highest BCUT2D eigenvalue weighted by Gasteiger charge is 2.22. The van der Waals surface area contributed by atoms with E-state index in [4.69, 9.17) is 0 Å². The maximum absolute atomic E-state index is 12.5. The number of piperidine rings is 1. The van der Waals surface area contributed by atoms with Gasteiger partial charge in [-0.25, -0.2) is 4.98 Å². The first-order valence-corrected chi connectivity index (χ1v) is 8.32. The van der Waals surface area contributed by atoms with E-state index in [0.717, 1.165) is 50.9 Å². The molecule has 1 aromatic heterocycles. The Kier molecular flexibility index (Phi) is 4.62. The molecule has 2 saturated heterocycles. The molecule has 0 bridgehead atoms. The molecule has 5 nitrogen and oxygen atoms in total. The molecule has 0 saturated carbocycles. The molecule has 1 unspecified atom stereocenters. The number of anilines is 1. The van der Waals surface area contributed by atoms with Crippen LogP contribution < -0.4 is 4.90 Å². The predicted molar refractivity (Wildman–Crippen MR) is 88.2 cm³/mol. The second-order valence-corrected chi connectivity index (χ2v) is 6.69. The number of likely N-dealkylation sites (N-methyl/N-ethyl adjacent to an activating group) is 1. The Morgan fingerprint density at radius 3 is 2.59 bits per heavy atom. The zero-order chi connectivity index (χ0) is 15.5. The number of carbonyl (C=O) groups excluding carboxylic acids is 1. The smallest absolute Gasteiger partial charge is 0.272 e. The molecule has 1 aromatic rings. The van der Waals surface area contributed by atoms with Gasteiger partial charge in [-0.05, 0) is 37.9 Å². The van der Waals surface area contributed by atoms with E-state index < -0.39 is 0 Å². The lowest BCUT2D eigenvalue weighted by Crippen LogP contribution is -2.47. The summed E-state index contributed by atoms with van der Waals surface area (Å²) in [7, 11) is 2.09. The molecule has 0 aliphatic carbocycles. The molecule has 2 fully saturated rings. The average Bonchev–Trinajstić information content (AvgIpc) is 2.55. The highest BCUT2D eigenvalue weighted by atomic mass is 16.2. The first-order valence-electron chi connectivity index (χ1n) is 8.32. The van der Waals surface area contributed by atoms with Crippen molar-refractivity contribution in [2.75, 3.05) is 51.2 Å². The van der Waals surface area contributed by atoms with Crippen molar-refractivity contribution in [1.29, 1.82) is 0 Å². The van der Waals surface area contributed by atoms with Crippen LogP contribution in [0.25, 0.3) is 0 Å². The standard InChI is InChI=1S/C17H26N4O/c1-14-4-3-7-21(13-14)15-5-6-16(18-12-15)17(22)20-10-8-19(2)9-11-20/h5-6,12,14H,3-4,7-11,13H2,1-2H3. The van der Waals surface area contributed by atoms with Crippen LogP contribution in [0.3, 0.4) is 0 Å². The largest absolute Gasteiger partial charge is 0.370 e. The van der Waals surface area contributed by atoms with Gasteiger partial charge in [0.05, 0.1) is 11.9 Å². The molecule has 1 amide bonds. The maximum Gasteiger partial charge on any atom is 0.272 e. The fourth-order valence-corrected chi connectivity index (χ4v) is 3.30. The van der Waals surface area contributed by atoms with Crippen molar-refractivity contribution in [3.8, 4) is 0 Å². The first-order chi connectivity index (χ1) is 10.6. The number of nitrogens with zero attached hydrogens (tertiary/aromatic N) is 4. The third-order valence-corrected chi connectivity index (χ3v) is 4.78. The third-order valence-electron chi connectivity index (χ3n) is 4.78. The van der Waals surface area contributed by atoms with Crippen molar-refractivity contribution in [1.82, 2.24) is 14.8 Å². The summed E-state index contributed by atoms with van der Waals surface area (Å²) in [5.41, 5.74) is 1.71. The number of pyridine rings is 1. The Balaban J connectivity index is 1.64. The monoisotopic (exact) mass is 302 g/mol. The fraction of sp³-hybridized carbons (Fsp3) is 0.647. The van der Waals surface area contributed by atoms with Crippen molar-refractivity contribution in [2.24, 2.45) is 5.92 Å². The molecule has 0 N–H and O–H groups in total. The Bertz CT molecular complexity index is 508. The van der Waals surface area contributed by atoms with E-state index in [9.17, 15) is 4.79 Å². The number of rotatable bonds is 2. The van der Waals surface area contributed by atoms with Gasteiger partial charge in [-0.15, -0.1) is 0 Å². The number of amides is 1. The van der Waals surface area contributed by atoms with Crippen LogP contribution in [0, 0.1) is 5.92 Å². The summed E-state index contributed by atoms with van der Waals surface area (Å²) in [6, 6.07) is 3.93. The predicted octanol–water partition coefficient (Wildman–Crippen LogP) is 1.71. The minimum atomic E-state index is 0.0617. The van der Waals surface area contributed by atoms with Crippen LogP contribution in [0.2, 0.25) is 0 Å². The Morgan fingerprint density at radius 2 is 1.95 bits per heavy atom. The second-order valence-electron chi connectivity index (χ2n) is 6.69. The van der Waals surface area contributed by atoms with Gasteiger partial charge in [0.2, 0.25) is 0 Å². The summed E-state index contributed by atoms with van der Waals surface area (Å²) >= 11 is 0. The van der Waals surface area contributed by atoms with E-state index >= 15 is 0 Å². The van der Waals surface area contributed by atoms with Crippen LogP contribution >= 0.6 is 0 Å². The summed E-state index contributed by atoms with van der Waals surface area (Å²) in [6.07, 6.45) is 4.41. The van der Waals surface area contributed by atoms with Gasteiger partial charge in [0.15, 0.2) is 0 Å². The molecular weight excluding hydrogens is 276 g/mol. The van der Waals surface area contributed by atoms with Crippen LogP contribution in [0.15, 0.2) is 18.3 Å². The summed E-state index contributed by atoms with van der Waals surface area (Å²) in [6.45, 7) is 7.95. The van der Waals surface area contributed by atoms with Crippen molar-refractivity contribution in [3.63, 3.8) is 0 Å². The van der Waals surface area contributed by atoms with Gasteiger partial charge in [-0.2, -0.15) is 0 Å². The summed E-state index contributed by atoms with van der Waals surface area (Å²) in [5.74, 6) is 0.798. The summed E-state index contributed by atoms with van der Waals surface area (Å²) in [4.78, 5) is 23.4. The van der Waals surface area contributed by atoms with Crippen LogP contribution in [0.5, 0.6) is 0 Å². The molecule has 3 heterocycles. The van der Waals surface area contributed by atoms with Crippen LogP contribution in [-0.2, 0) is 0 Å². The van der Waals surface area contributed by atoms with Gasteiger partial charge in [0, 0.05) is 39.3 Å². The molecule has 2 aliphatic rings.